The molecule has 1 heterocycles. The molecule has 0 radical (unpaired) electrons. The molecule has 3 rings (SSSR count). The fourth-order valence-electron chi connectivity index (χ4n) is 3.73. The van der Waals surface area contributed by atoms with E-state index in [0.717, 1.165) is 24.2 Å². The van der Waals surface area contributed by atoms with E-state index in [1.54, 1.807) is 7.11 Å². The lowest BCUT2D eigenvalue weighted by Gasteiger charge is -2.32. The number of carbonyl (C=O) groups is 2. The molecule has 124 valence electrons. The Morgan fingerprint density at radius 2 is 1.91 bits per heavy atom. The Morgan fingerprint density at radius 3 is 2.57 bits per heavy atom. The van der Waals surface area contributed by atoms with Crippen LogP contribution in [0.2, 0.25) is 0 Å². The number of nitrogens with zero attached hydrogens (tertiary/aromatic N) is 1. The second kappa shape index (κ2) is 6.60. The van der Waals surface area contributed by atoms with Crippen molar-refractivity contribution in [3.05, 3.63) is 29.8 Å². The molecule has 0 aromatic heterocycles. The summed E-state index contributed by atoms with van der Waals surface area (Å²) < 4.78 is 5.11. The molecule has 5 nitrogen and oxygen atoms in total. The van der Waals surface area contributed by atoms with Crippen LogP contribution in [0, 0.1) is 5.41 Å². The first kappa shape index (κ1) is 15.8. The fourth-order valence-corrected chi connectivity index (χ4v) is 3.73. The third-order valence-electron chi connectivity index (χ3n) is 5.08. The second-order valence-electron chi connectivity index (χ2n) is 6.72. The zero-order valence-corrected chi connectivity index (χ0v) is 13.6. The Kier molecular flexibility index (Phi) is 4.55. The van der Waals surface area contributed by atoms with Crippen LogP contribution in [0.1, 0.15) is 44.1 Å². The molecule has 23 heavy (non-hydrogen) atoms. The molecule has 1 spiro atoms. The van der Waals surface area contributed by atoms with Crippen molar-refractivity contribution in [1.82, 2.24) is 10.2 Å². The molecule has 2 aliphatic rings. The summed E-state index contributed by atoms with van der Waals surface area (Å²) in [5.74, 6) is 0.758. The van der Waals surface area contributed by atoms with Crippen molar-refractivity contribution in [3.63, 3.8) is 0 Å². The first-order valence-electron chi connectivity index (χ1n) is 8.33. The molecule has 1 aromatic carbocycles. The topological polar surface area (TPSA) is 58.6 Å². The molecule has 1 aliphatic heterocycles. The van der Waals surface area contributed by atoms with Gasteiger partial charge in [-0.15, -0.1) is 0 Å². The van der Waals surface area contributed by atoms with Crippen LogP contribution in [0.25, 0.3) is 0 Å². The number of imide groups is 1. The molecular weight excluding hydrogens is 292 g/mol. The molecule has 3 amide bonds. The normalized spacial score (nSPS) is 19.9. The molecule has 2 fully saturated rings. The average Bonchev–Trinajstić information content (AvgIpc) is 2.89. The number of benzene rings is 1. The number of hydrogen-bond donors (Lipinski definition) is 1. The Balaban J connectivity index is 1.56. The van der Waals surface area contributed by atoms with Crippen LogP contribution in [-0.4, -0.2) is 30.5 Å². The van der Waals surface area contributed by atoms with Gasteiger partial charge < -0.3 is 10.1 Å². The summed E-state index contributed by atoms with van der Waals surface area (Å²) >= 11 is 0. The van der Waals surface area contributed by atoms with E-state index in [2.05, 4.69) is 5.32 Å². The van der Waals surface area contributed by atoms with Crippen molar-refractivity contribution in [2.75, 3.05) is 13.7 Å². The van der Waals surface area contributed by atoms with E-state index in [0.29, 0.717) is 19.5 Å². The van der Waals surface area contributed by atoms with E-state index in [-0.39, 0.29) is 17.4 Å². The van der Waals surface area contributed by atoms with Crippen LogP contribution in [0.3, 0.4) is 0 Å². The summed E-state index contributed by atoms with van der Waals surface area (Å²) in [5, 5.41) is 2.86. The predicted molar refractivity (Wildman–Crippen MR) is 87.1 cm³/mol. The number of methoxy groups -OCH3 is 1. The number of urea groups is 1. The van der Waals surface area contributed by atoms with E-state index in [1.807, 2.05) is 24.3 Å². The van der Waals surface area contributed by atoms with Gasteiger partial charge in [-0.2, -0.15) is 0 Å². The smallest absolute Gasteiger partial charge is 0.324 e. The Bertz CT molecular complexity index is 576. The van der Waals surface area contributed by atoms with Crippen molar-refractivity contribution >= 4 is 11.9 Å². The second-order valence-corrected chi connectivity index (χ2v) is 6.72. The van der Waals surface area contributed by atoms with Gasteiger partial charge in [0.1, 0.15) is 5.75 Å². The third kappa shape index (κ3) is 3.49. The monoisotopic (exact) mass is 316 g/mol. The third-order valence-corrected chi connectivity index (χ3v) is 5.08. The van der Waals surface area contributed by atoms with Crippen LogP contribution in [0.15, 0.2) is 24.3 Å². The Morgan fingerprint density at radius 1 is 1.22 bits per heavy atom. The number of likely N-dealkylation sites (tertiary alicyclic amines) is 1. The number of hydrogen-bond acceptors (Lipinski definition) is 3. The van der Waals surface area contributed by atoms with Crippen molar-refractivity contribution in [2.45, 2.75) is 45.1 Å². The summed E-state index contributed by atoms with van der Waals surface area (Å²) in [6.07, 6.45) is 6.27. The molecule has 1 aliphatic carbocycles. The predicted octanol–water partition coefficient (Wildman–Crippen LogP) is 3.09. The number of nitrogens with one attached hydrogen (secondary N) is 1. The quantitative estimate of drug-likeness (QED) is 0.932. The van der Waals surface area contributed by atoms with Gasteiger partial charge >= 0.3 is 6.03 Å². The van der Waals surface area contributed by atoms with E-state index in [1.165, 1.54) is 24.2 Å². The minimum Gasteiger partial charge on any atom is -0.497 e. The minimum atomic E-state index is -0.270. The van der Waals surface area contributed by atoms with Gasteiger partial charge in [0.05, 0.1) is 7.11 Å². The van der Waals surface area contributed by atoms with Crippen molar-refractivity contribution in [1.29, 1.82) is 0 Å². The average molecular weight is 316 g/mol. The van der Waals surface area contributed by atoms with Crippen LogP contribution in [0.4, 0.5) is 4.79 Å². The van der Waals surface area contributed by atoms with E-state index >= 15 is 0 Å². The van der Waals surface area contributed by atoms with Crippen molar-refractivity contribution in [2.24, 2.45) is 5.41 Å². The highest BCUT2D eigenvalue weighted by Crippen LogP contribution is 2.44. The van der Waals surface area contributed by atoms with Crippen LogP contribution in [-0.2, 0) is 11.3 Å². The number of amides is 3. The lowest BCUT2D eigenvalue weighted by molar-refractivity contribution is -0.125. The molecule has 0 unspecified atom stereocenters. The summed E-state index contributed by atoms with van der Waals surface area (Å²) in [6.45, 7) is 1.000. The highest BCUT2D eigenvalue weighted by molar-refractivity contribution is 5.96. The van der Waals surface area contributed by atoms with Crippen LogP contribution >= 0.6 is 0 Å². The zero-order chi connectivity index (χ0) is 16.3. The molecule has 1 aromatic rings. The van der Waals surface area contributed by atoms with Gasteiger partial charge in [0.2, 0.25) is 5.91 Å². The molecule has 0 atom stereocenters. The van der Waals surface area contributed by atoms with Gasteiger partial charge in [-0.3, -0.25) is 9.69 Å². The van der Waals surface area contributed by atoms with Crippen LogP contribution in [0.5, 0.6) is 5.75 Å². The first-order valence-corrected chi connectivity index (χ1v) is 8.33. The van der Waals surface area contributed by atoms with Gasteiger partial charge in [0.15, 0.2) is 0 Å². The SMILES string of the molecule is COc1ccc(CNC(=O)N2CC3(CCCCC3)CC2=O)cc1. The standard InChI is InChI=1S/C18H24N2O3/c1-23-15-7-5-14(6-8-15)12-19-17(22)20-13-18(11-16(20)21)9-3-2-4-10-18/h5-8H,2-4,9-13H2,1H3,(H,19,22). The van der Waals surface area contributed by atoms with E-state index in [4.69, 9.17) is 4.74 Å². The highest BCUT2D eigenvalue weighted by Gasteiger charge is 2.45. The lowest BCUT2D eigenvalue weighted by atomic mass is 9.73. The Labute approximate surface area is 137 Å². The van der Waals surface area contributed by atoms with Crippen molar-refractivity contribution in [3.8, 4) is 5.75 Å². The summed E-state index contributed by atoms with van der Waals surface area (Å²) in [6, 6.07) is 7.27. The molecular formula is C18H24N2O3. The van der Waals surface area contributed by atoms with Gasteiger partial charge in [-0.25, -0.2) is 4.79 Å². The van der Waals surface area contributed by atoms with E-state index < -0.39 is 0 Å². The lowest BCUT2D eigenvalue weighted by Crippen LogP contribution is -2.41. The maximum absolute atomic E-state index is 12.3. The molecule has 1 N–H and O–H groups in total. The van der Waals surface area contributed by atoms with E-state index in [9.17, 15) is 9.59 Å². The number of ether oxygens (including phenoxy) is 1. The van der Waals surface area contributed by atoms with Gasteiger partial charge in [0, 0.05) is 19.5 Å². The van der Waals surface area contributed by atoms with Gasteiger partial charge in [-0.05, 0) is 36.0 Å². The maximum Gasteiger partial charge on any atom is 0.324 e. The zero-order valence-electron chi connectivity index (χ0n) is 13.6. The number of carbonyl (C=O) groups excluding carboxylic acids is 2. The summed E-state index contributed by atoms with van der Waals surface area (Å²) in [4.78, 5) is 26.0. The van der Waals surface area contributed by atoms with Crippen molar-refractivity contribution < 1.29 is 14.3 Å². The minimum absolute atomic E-state index is 0.0286. The first-order chi connectivity index (χ1) is 11.1. The fraction of sp³-hybridized carbons (Fsp3) is 0.556. The summed E-state index contributed by atoms with van der Waals surface area (Å²) in [7, 11) is 1.62. The molecule has 5 heteroatoms. The maximum atomic E-state index is 12.3. The molecule has 1 saturated heterocycles. The Hall–Kier alpha value is -2.04. The van der Waals surface area contributed by atoms with Crippen LogP contribution < -0.4 is 10.1 Å². The number of rotatable bonds is 3. The summed E-state index contributed by atoms with van der Waals surface area (Å²) in [5.41, 5.74) is 1.03. The largest absolute Gasteiger partial charge is 0.497 e. The van der Waals surface area contributed by atoms with Gasteiger partial charge in [-0.1, -0.05) is 31.4 Å². The molecule has 1 saturated carbocycles. The highest BCUT2D eigenvalue weighted by atomic mass is 16.5. The molecule has 0 bridgehead atoms. The van der Waals surface area contributed by atoms with Gasteiger partial charge in [0.25, 0.3) is 0 Å².